The molecule has 2 N–H and O–H groups in total. The third-order valence-electron chi connectivity index (χ3n) is 3.78. The maximum Gasteiger partial charge on any atom is 0.321 e. The lowest BCUT2D eigenvalue weighted by atomic mass is 9.92. The highest BCUT2D eigenvalue weighted by Gasteiger charge is 2.25. The topological polar surface area (TPSA) is 52.6 Å². The number of carbonyl (C=O) groups is 1. The summed E-state index contributed by atoms with van der Waals surface area (Å²) >= 11 is 0. The van der Waals surface area contributed by atoms with E-state index in [9.17, 15) is 9.90 Å². The van der Waals surface area contributed by atoms with Crippen molar-refractivity contribution < 1.29 is 9.90 Å². The highest BCUT2D eigenvalue weighted by atomic mass is 16.3. The number of carbonyl (C=O) groups excluding carboxylic acids is 1. The van der Waals surface area contributed by atoms with Crippen LogP contribution in [0, 0.1) is 11.8 Å². The van der Waals surface area contributed by atoms with Crippen LogP contribution in [0.1, 0.15) is 38.9 Å². The number of anilines is 1. The fourth-order valence-corrected chi connectivity index (χ4v) is 2.91. The molecule has 2 rings (SSSR count). The van der Waals surface area contributed by atoms with Crippen LogP contribution in [0.5, 0.6) is 0 Å². The summed E-state index contributed by atoms with van der Waals surface area (Å²) in [5, 5.41) is 12.5. The van der Waals surface area contributed by atoms with Crippen molar-refractivity contribution in [1.82, 2.24) is 4.90 Å². The molecule has 0 aliphatic carbocycles. The minimum atomic E-state index is -0.526. The molecular formula is C16H24N2O2. The van der Waals surface area contributed by atoms with Crippen LogP contribution in [0.4, 0.5) is 10.5 Å². The zero-order valence-corrected chi connectivity index (χ0v) is 12.5. The van der Waals surface area contributed by atoms with Crippen molar-refractivity contribution in [3.63, 3.8) is 0 Å². The Kier molecular flexibility index (Phi) is 4.65. The van der Waals surface area contributed by atoms with Crippen molar-refractivity contribution in [1.29, 1.82) is 0 Å². The highest BCUT2D eigenvalue weighted by molar-refractivity contribution is 5.89. The first-order valence-electron chi connectivity index (χ1n) is 7.29. The third-order valence-corrected chi connectivity index (χ3v) is 3.78. The Labute approximate surface area is 120 Å². The Bertz CT molecular complexity index is 463. The number of amides is 2. The van der Waals surface area contributed by atoms with Crippen molar-refractivity contribution in [3.05, 3.63) is 29.8 Å². The molecule has 1 fully saturated rings. The van der Waals surface area contributed by atoms with Crippen LogP contribution in [0.2, 0.25) is 0 Å². The van der Waals surface area contributed by atoms with Gasteiger partial charge in [0.05, 0.1) is 6.10 Å². The quantitative estimate of drug-likeness (QED) is 0.871. The van der Waals surface area contributed by atoms with Gasteiger partial charge in [0.1, 0.15) is 0 Å². The van der Waals surface area contributed by atoms with Crippen LogP contribution in [0.25, 0.3) is 0 Å². The minimum absolute atomic E-state index is 0.0499. The van der Waals surface area contributed by atoms with E-state index in [4.69, 9.17) is 0 Å². The average molecular weight is 276 g/mol. The molecule has 3 unspecified atom stereocenters. The van der Waals surface area contributed by atoms with Gasteiger partial charge in [-0.1, -0.05) is 26.0 Å². The summed E-state index contributed by atoms with van der Waals surface area (Å²) in [6.07, 6.45) is 0.656. The van der Waals surface area contributed by atoms with Crippen LogP contribution >= 0.6 is 0 Å². The van der Waals surface area contributed by atoms with Gasteiger partial charge in [0.2, 0.25) is 0 Å². The molecule has 1 aromatic rings. The fraction of sp³-hybridized carbons (Fsp3) is 0.562. The molecule has 0 saturated carbocycles. The van der Waals surface area contributed by atoms with Gasteiger partial charge >= 0.3 is 6.03 Å². The molecular weight excluding hydrogens is 252 g/mol. The van der Waals surface area contributed by atoms with Crippen molar-refractivity contribution >= 4 is 11.7 Å². The van der Waals surface area contributed by atoms with Gasteiger partial charge in [0, 0.05) is 18.8 Å². The molecule has 4 heteroatoms. The number of likely N-dealkylation sites (tertiary alicyclic amines) is 1. The molecule has 4 nitrogen and oxygen atoms in total. The second-order valence-corrected chi connectivity index (χ2v) is 6.08. The molecule has 0 aromatic heterocycles. The number of aliphatic hydroxyl groups excluding tert-OH is 1. The van der Waals surface area contributed by atoms with Crippen LogP contribution in [-0.2, 0) is 0 Å². The van der Waals surface area contributed by atoms with E-state index in [1.807, 2.05) is 29.2 Å². The maximum absolute atomic E-state index is 12.3. The molecule has 0 bridgehead atoms. The number of nitrogens with zero attached hydrogens (tertiary/aromatic N) is 1. The van der Waals surface area contributed by atoms with Crippen molar-refractivity contribution in [3.8, 4) is 0 Å². The van der Waals surface area contributed by atoms with Crippen molar-refractivity contribution in [2.45, 2.75) is 33.3 Å². The zero-order chi connectivity index (χ0) is 14.7. The number of hydrogen-bond acceptors (Lipinski definition) is 2. The number of nitrogens with one attached hydrogen (secondary N) is 1. The van der Waals surface area contributed by atoms with Gasteiger partial charge in [-0.05, 0) is 42.9 Å². The number of hydrogen-bond donors (Lipinski definition) is 2. The summed E-state index contributed by atoms with van der Waals surface area (Å²) in [5.74, 6) is 1.10. The highest BCUT2D eigenvalue weighted by Crippen LogP contribution is 2.22. The molecule has 1 heterocycles. The van der Waals surface area contributed by atoms with Gasteiger partial charge in [-0.2, -0.15) is 0 Å². The lowest BCUT2D eigenvalue weighted by Crippen LogP contribution is -2.44. The van der Waals surface area contributed by atoms with E-state index in [2.05, 4.69) is 19.2 Å². The van der Waals surface area contributed by atoms with Gasteiger partial charge in [0.25, 0.3) is 0 Å². The Morgan fingerprint density at radius 1 is 1.35 bits per heavy atom. The normalized spacial score (nSPS) is 24.3. The van der Waals surface area contributed by atoms with E-state index in [1.54, 1.807) is 6.92 Å². The molecule has 1 saturated heterocycles. The third kappa shape index (κ3) is 3.73. The van der Waals surface area contributed by atoms with Gasteiger partial charge in [-0.25, -0.2) is 4.79 Å². The van der Waals surface area contributed by atoms with E-state index in [0.717, 1.165) is 24.3 Å². The van der Waals surface area contributed by atoms with E-state index >= 15 is 0 Å². The number of urea groups is 1. The number of rotatable bonds is 2. The molecule has 20 heavy (non-hydrogen) atoms. The van der Waals surface area contributed by atoms with Gasteiger partial charge in [-0.15, -0.1) is 0 Å². The first kappa shape index (κ1) is 14.9. The second kappa shape index (κ2) is 6.27. The maximum atomic E-state index is 12.3. The molecule has 1 aliphatic rings. The summed E-state index contributed by atoms with van der Waals surface area (Å²) in [4.78, 5) is 14.2. The van der Waals surface area contributed by atoms with E-state index in [1.165, 1.54) is 6.42 Å². The van der Waals surface area contributed by atoms with Gasteiger partial charge < -0.3 is 15.3 Å². The summed E-state index contributed by atoms with van der Waals surface area (Å²) in [6.45, 7) is 7.71. The SMILES string of the molecule is CC1CC(C)CN(C(=O)Nc2cccc(C(C)O)c2)C1. The molecule has 2 amide bonds. The summed E-state index contributed by atoms with van der Waals surface area (Å²) < 4.78 is 0. The van der Waals surface area contributed by atoms with Crippen LogP contribution in [0.3, 0.4) is 0 Å². The van der Waals surface area contributed by atoms with Gasteiger partial charge in [-0.3, -0.25) is 0 Å². The molecule has 110 valence electrons. The predicted molar refractivity (Wildman–Crippen MR) is 80.6 cm³/mol. The first-order valence-corrected chi connectivity index (χ1v) is 7.29. The monoisotopic (exact) mass is 276 g/mol. The lowest BCUT2D eigenvalue weighted by molar-refractivity contribution is 0.156. The molecule has 0 spiro atoms. The average Bonchev–Trinajstić information content (AvgIpc) is 2.37. The summed E-state index contributed by atoms with van der Waals surface area (Å²) in [7, 11) is 0. The Morgan fingerprint density at radius 2 is 2.00 bits per heavy atom. The summed E-state index contributed by atoms with van der Waals surface area (Å²) in [5.41, 5.74) is 1.54. The first-order chi connectivity index (χ1) is 9.45. The zero-order valence-electron chi connectivity index (χ0n) is 12.5. The van der Waals surface area contributed by atoms with Crippen molar-refractivity contribution in [2.24, 2.45) is 11.8 Å². The summed E-state index contributed by atoms with van der Waals surface area (Å²) in [6, 6.07) is 7.32. The number of piperidine rings is 1. The van der Waals surface area contributed by atoms with Gasteiger partial charge in [0.15, 0.2) is 0 Å². The van der Waals surface area contributed by atoms with Crippen LogP contribution < -0.4 is 5.32 Å². The molecule has 0 radical (unpaired) electrons. The number of aliphatic hydroxyl groups is 1. The van der Waals surface area contributed by atoms with E-state index in [-0.39, 0.29) is 6.03 Å². The fourth-order valence-electron chi connectivity index (χ4n) is 2.91. The second-order valence-electron chi connectivity index (χ2n) is 6.08. The van der Waals surface area contributed by atoms with Crippen LogP contribution in [-0.4, -0.2) is 29.1 Å². The Hall–Kier alpha value is -1.55. The largest absolute Gasteiger partial charge is 0.389 e. The smallest absolute Gasteiger partial charge is 0.321 e. The molecule has 1 aliphatic heterocycles. The number of benzene rings is 1. The molecule has 3 atom stereocenters. The van der Waals surface area contributed by atoms with Crippen LogP contribution in [0.15, 0.2) is 24.3 Å². The minimum Gasteiger partial charge on any atom is -0.389 e. The molecule has 1 aromatic carbocycles. The predicted octanol–water partition coefficient (Wildman–Crippen LogP) is 3.25. The Morgan fingerprint density at radius 3 is 2.60 bits per heavy atom. The Balaban J connectivity index is 2.02. The van der Waals surface area contributed by atoms with E-state index < -0.39 is 6.10 Å². The van der Waals surface area contributed by atoms with Crippen molar-refractivity contribution in [2.75, 3.05) is 18.4 Å². The standard InChI is InChI=1S/C16H24N2O2/c1-11-7-12(2)10-18(9-11)16(20)17-15-6-4-5-14(8-15)13(3)19/h4-6,8,11-13,19H,7,9-10H2,1-3H3,(H,17,20). The van der Waals surface area contributed by atoms with E-state index in [0.29, 0.717) is 11.8 Å². The lowest BCUT2D eigenvalue weighted by Gasteiger charge is -2.34.